The van der Waals surface area contributed by atoms with Crippen molar-refractivity contribution < 1.29 is 8.42 Å². The summed E-state index contributed by atoms with van der Waals surface area (Å²) in [6, 6.07) is 4.06. The summed E-state index contributed by atoms with van der Waals surface area (Å²) in [6.45, 7) is 0.644. The van der Waals surface area contributed by atoms with E-state index in [2.05, 4.69) is 9.97 Å². The van der Waals surface area contributed by atoms with E-state index in [1.165, 1.54) is 6.26 Å². The Morgan fingerprint density at radius 3 is 2.95 bits per heavy atom. The zero-order valence-corrected chi connectivity index (χ0v) is 13.4. The topological polar surface area (TPSA) is 68.1 Å². The molecule has 2 aromatic heterocycles. The van der Waals surface area contributed by atoms with Gasteiger partial charge < -0.3 is 0 Å². The highest BCUT2D eigenvalue weighted by Gasteiger charge is 2.31. The molecule has 7 heteroatoms. The molecule has 1 aliphatic heterocycles. The molecule has 0 aliphatic carbocycles. The zero-order valence-electron chi connectivity index (χ0n) is 12.6. The van der Waals surface area contributed by atoms with Gasteiger partial charge >= 0.3 is 0 Å². The summed E-state index contributed by atoms with van der Waals surface area (Å²) in [5.41, 5.74) is 1.11. The molecule has 0 amide bonds. The molecule has 3 rings (SSSR count). The molecule has 0 N–H and O–H groups in total. The maximum absolute atomic E-state index is 11.8. The van der Waals surface area contributed by atoms with Crippen molar-refractivity contribution in [2.45, 2.75) is 31.7 Å². The largest absolute Gasteiger partial charge is 0.290 e. The summed E-state index contributed by atoms with van der Waals surface area (Å²) in [5.74, 6) is 0.865. The van der Waals surface area contributed by atoms with Gasteiger partial charge in [0, 0.05) is 31.2 Å². The molecule has 3 heterocycles. The van der Waals surface area contributed by atoms with E-state index >= 15 is 0 Å². The molecule has 6 nitrogen and oxygen atoms in total. The number of nitrogens with zero attached hydrogens (tertiary/aromatic N) is 4. The number of hydrogen-bond donors (Lipinski definition) is 0. The molecule has 22 heavy (non-hydrogen) atoms. The summed E-state index contributed by atoms with van der Waals surface area (Å²) in [6.07, 6.45) is 11.9. The second kappa shape index (κ2) is 6.18. The number of rotatable bonds is 5. The van der Waals surface area contributed by atoms with Gasteiger partial charge in [-0.3, -0.25) is 4.57 Å². The van der Waals surface area contributed by atoms with Crippen LogP contribution in [-0.4, -0.2) is 46.1 Å². The Hall–Kier alpha value is -1.73. The van der Waals surface area contributed by atoms with Crippen LogP contribution in [0, 0.1) is 0 Å². The first kappa shape index (κ1) is 15.2. The predicted octanol–water partition coefficient (Wildman–Crippen LogP) is 1.62. The number of pyridine rings is 1. The van der Waals surface area contributed by atoms with E-state index in [-0.39, 0.29) is 6.04 Å². The Morgan fingerprint density at radius 1 is 1.36 bits per heavy atom. The highest BCUT2D eigenvalue weighted by Crippen LogP contribution is 2.25. The Kier molecular flexibility index (Phi) is 4.26. The van der Waals surface area contributed by atoms with Gasteiger partial charge in [0.25, 0.3) is 0 Å². The van der Waals surface area contributed by atoms with E-state index in [1.54, 1.807) is 23.0 Å². The van der Waals surface area contributed by atoms with Gasteiger partial charge in [0.15, 0.2) is 0 Å². The fourth-order valence-corrected chi connectivity index (χ4v) is 4.31. The fourth-order valence-electron chi connectivity index (χ4n) is 3.10. The van der Waals surface area contributed by atoms with Crippen LogP contribution in [0.2, 0.25) is 0 Å². The Labute approximate surface area is 130 Å². The van der Waals surface area contributed by atoms with Crippen molar-refractivity contribution in [2.24, 2.45) is 0 Å². The number of aryl methyl sites for hydroxylation is 1. The third-order valence-corrected chi connectivity index (χ3v) is 5.45. The van der Waals surface area contributed by atoms with Crippen molar-refractivity contribution in [2.75, 3.05) is 12.8 Å². The van der Waals surface area contributed by atoms with E-state index in [1.807, 2.05) is 22.9 Å². The molecule has 0 radical (unpaired) electrons. The first-order valence-corrected chi connectivity index (χ1v) is 9.29. The molecular weight excluding hydrogens is 300 g/mol. The van der Waals surface area contributed by atoms with Crippen LogP contribution in [0.25, 0.3) is 5.82 Å². The second-order valence-electron chi connectivity index (χ2n) is 5.66. The standard InChI is InChI=1S/C15H20N4O2S/c1-22(20,21)19-10-3-5-14(19)7-6-13-4-2-8-17-15(13)18-11-9-16-12-18/h2,4,8-9,11-12,14H,3,5-7,10H2,1H3/t14-/m0/s1. The molecular formula is C15H20N4O2S. The zero-order chi connectivity index (χ0) is 15.6. The second-order valence-corrected chi connectivity index (χ2v) is 7.60. The van der Waals surface area contributed by atoms with Crippen LogP contribution < -0.4 is 0 Å². The molecule has 1 saturated heterocycles. The normalized spacial score (nSPS) is 19.6. The minimum Gasteiger partial charge on any atom is -0.290 e. The molecule has 1 atom stereocenters. The van der Waals surface area contributed by atoms with Crippen LogP contribution in [0.5, 0.6) is 0 Å². The van der Waals surface area contributed by atoms with Crippen LogP contribution in [0.3, 0.4) is 0 Å². The van der Waals surface area contributed by atoms with Crippen molar-refractivity contribution in [1.29, 1.82) is 0 Å². The van der Waals surface area contributed by atoms with E-state index in [4.69, 9.17) is 0 Å². The van der Waals surface area contributed by atoms with Gasteiger partial charge in [0.2, 0.25) is 10.0 Å². The molecule has 0 unspecified atom stereocenters. The Morgan fingerprint density at radius 2 is 2.23 bits per heavy atom. The Balaban J connectivity index is 1.75. The molecule has 1 fully saturated rings. The van der Waals surface area contributed by atoms with Crippen LogP contribution in [0.1, 0.15) is 24.8 Å². The number of aromatic nitrogens is 3. The van der Waals surface area contributed by atoms with Gasteiger partial charge in [0.05, 0.1) is 6.26 Å². The maximum atomic E-state index is 11.8. The van der Waals surface area contributed by atoms with E-state index < -0.39 is 10.0 Å². The third-order valence-electron chi connectivity index (χ3n) is 4.11. The fraction of sp³-hybridized carbons (Fsp3) is 0.467. The molecule has 118 valence electrons. The Bertz CT molecular complexity index is 728. The SMILES string of the molecule is CS(=O)(=O)N1CCC[C@H]1CCc1cccnc1-n1ccnc1. The predicted molar refractivity (Wildman–Crippen MR) is 84.3 cm³/mol. The lowest BCUT2D eigenvalue weighted by molar-refractivity contribution is 0.373. The molecule has 0 aromatic carbocycles. The highest BCUT2D eigenvalue weighted by molar-refractivity contribution is 7.88. The van der Waals surface area contributed by atoms with Crippen molar-refractivity contribution in [3.63, 3.8) is 0 Å². The van der Waals surface area contributed by atoms with Gasteiger partial charge in [0.1, 0.15) is 12.1 Å². The van der Waals surface area contributed by atoms with E-state index in [0.29, 0.717) is 6.54 Å². The summed E-state index contributed by atoms with van der Waals surface area (Å²) in [7, 11) is -3.11. The third kappa shape index (κ3) is 3.20. The lowest BCUT2D eigenvalue weighted by Gasteiger charge is -2.22. The van der Waals surface area contributed by atoms with Gasteiger partial charge in [-0.25, -0.2) is 18.4 Å². The van der Waals surface area contributed by atoms with Crippen molar-refractivity contribution in [3.8, 4) is 5.82 Å². The first-order chi connectivity index (χ1) is 10.6. The van der Waals surface area contributed by atoms with Crippen molar-refractivity contribution >= 4 is 10.0 Å². The van der Waals surface area contributed by atoms with Gasteiger partial charge in [-0.1, -0.05) is 6.07 Å². The van der Waals surface area contributed by atoms with Crippen molar-refractivity contribution in [3.05, 3.63) is 42.6 Å². The number of hydrogen-bond acceptors (Lipinski definition) is 4. The number of sulfonamides is 1. The van der Waals surface area contributed by atoms with Crippen LogP contribution >= 0.6 is 0 Å². The summed E-state index contributed by atoms with van der Waals surface area (Å²) in [4.78, 5) is 8.48. The molecule has 2 aromatic rings. The minimum absolute atomic E-state index is 0.103. The molecule has 1 aliphatic rings. The molecule has 0 bridgehead atoms. The smallest absolute Gasteiger partial charge is 0.211 e. The van der Waals surface area contributed by atoms with Crippen LogP contribution in [-0.2, 0) is 16.4 Å². The highest BCUT2D eigenvalue weighted by atomic mass is 32.2. The average Bonchev–Trinajstić information content (AvgIpc) is 3.16. The first-order valence-electron chi connectivity index (χ1n) is 7.45. The average molecular weight is 320 g/mol. The van der Waals surface area contributed by atoms with Gasteiger partial charge in [-0.15, -0.1) is 0 Å². The van der Waals surface area contributed by atoms with Gasteiger partial charge in [-0.2, -0.15) is 4.31 Å². The van der Waals surface area contributed by atoms with Crippen LogP contribution in [0.4, 0.5) is 0 Å². The number of imidazole rings is 1. The van der Waals surface area contributed by atoms with Crippen molar-refractivity contribution in [1.82, 2.24) is 18.8 Å². The van der Waals surface area contributed by atoms with E-state index in [9.17, 15) is 8.42 Å². The summed E-state index contributed by atoms with van der Waals surface area (Å²) < 4.78 is 27.1. The maximum Gasteiger partial charge on any atom is 0.211 e. The quantitative estimate of drug-likeness (QED) is 0.839. The summed E-state index contributed by atoms with van der Waals surface area (Å²) in [5, 5.41) is 0. The minimum atomic E-state index is -3.11. The monoisotopic (exact) mass is 320 g/mol. The van der Waals surface area contributed by atoms with E-state index in [0.717, 1.165) is 37.1 Å². The lowest BCUT2D eigenvalue weighted by atomic mass is 10.0. The lowest BCUT2D eigenvalue weighted by Crippen LogP contribution is -2.34. The molecule has 0 saturated carbocycles. The van der Waals surface area contributed by atoms with Crippen LogP contribution in [0.15, 0.2) is 37.1 Å². The summed E-state index contributed by atoms with van der Waals surface area (Å²) >= 11 is 0. The van der Waals surface area contributed by atoms with Gasteiger partial charge in [-0.05, 0) is 37.3 Å². The molecule has 0 spiro atoms.